The maximum atomic E-state index is 12.2. The lowest BCUT2D eigenvalue weighted by atomic mass is 10.2. The van der Waals surface area contributed by atoms with Gasteiger partial charge in [-0.15, -0.1) is 0 Å². The molecular formula is C10H10F2N2O2. The van der Waals surface area contributed by atoms with Crippen molar-refractivity contribution in [2.24, 2.45) is 0 Å². The van der Waals surface area contributed by atoms with Gasteiger partial charge in [-0.2, -0.15) is 5.26 Å². The molecule has 1 rings (SSSR count). The molecule has 0 spiro atoms. The molecule has 0 aliphatic carbocycles. The Morgan fingerprint density at radius 1 is 1.44 bits per heavy atom. The fourth-order valence-corrected chi connectivity index (χ4v) is 1.07. The molecule has 1 aromatic rings. The summed E-state index contributed by atoms with van der Waals surface area (Å²) in [5, 5.41) is 17.4. The minimum atomic E-state index is -1.24. The average molecular weight is 228 g/mol. The Kier molecular flexibility index (Phi) is 4.48. The molecule has 0 unspecified atom stereocenters. The second-order valence-electron chi connectivity index (χ2n) is 2.98. The van der Waals surface area contributed by atoms with Crippen LogP contribution in [0.5, 0.6) is 5.75 Å². The molecule has 16 heavy (non-hydrogen) atoms. The number of ether oxygens (including phenoxy) is 1. The van der Waals surface area contributed by atoms with Crippen molar-refractivity contribution in [1.29, 1.82) is 5.26 Å². The van der Waals surface area contributed by atoms with Crippen LogP contribution < -0.4 is 10.2 Å². The van der Waals surface area contributed by atoms with E-state index in [1.165, 1.54) is 18.2 Å². The first kappa shape index (κ1) is 12.2. The lowest BCUT2D eigenvalue weighted by Gasteiger charge is -2.15. The molecule has 86 valence electrons. The summed E-state index contributed by atoms with van der Waals surface area (Å²) in [5.74, 6) is 0.0295. The van der Waals surface area contributed by atoms with Crippen LogP contribution in [0, 0.1) is 11.3 Å². The summed E-state index contributed by atoms with van der Waals surface area (Å²) in [7, 11) is 0. The standard InChI is InChI=1S/C10H10F2N2O2/c11-4-8(5-12)16-10-3-7(6-13)1-2-9(10)14-15/h1-3,8,14-15H,4-5H2. The van der Waals surface area contributed by atoms with Crippen molar-refractivity contribution in [2.45, 2.75) is 6.10 Å². The number of anilines is 1. The topological polar surface area (TPSA) is 65.3 Å². The summed E-state index contributed by atoms with van der Waals surface area (Å²) in [4.78, 5) is 0. The summed E-state index contributed by atoms with van der Waals surface area (Å²) in [6.45, 7) is -1.98. The van der Waals surface area contributed by atoms with Gasteiger partial charge in [0.05, 0.1) is 11.6 Å². The van der Waals surface area contributed by atoms with Crippen molar-refractivity contribution >= 4 is 5.69 Å². The minimum absolute atomic E-state index is 0.0295. The first-order chi connectivity index (χ1) is 7.74. The third kappa shape index (κ3) is 2.81. The van der Waals surface area contributed by atoms with Crippen LogP contribution in [0.15, 0.2) is 18.2 Å². The highest BCUT2D eigenvalue weighted by Gasteiger charge is 2.13. The number of rotatable bonds is 5. The van der Waals surface area contributed by atoms with E-state index in [2.05, 4.69) is 0 Å². The number of nitrogens with zero attached hydrogens (tertiary/aromatic N) is 1. The molecule has 2 N–H and O–H groups in total. The van der Waals surface area contributed by atoms with Crippen molar-refractivity contribution in [3.8, 4) is 11.8 Å². The molecule has 0 aliphatic rings. The number of halogens is 2. The smallest absolute Gasteiger partial charge is 0.155 e. The number of nitrogens with one attached hydrogen (secondary N) is 1. The van der Waals surface area contributed by atoms with Gasteiger partial charge in [0.25, 0.3) is 0 Å². The van der Waals surface area contributed by atoms with Gasteiger partial charge in [-0.3, -0.25) is 10.7 Å². The van der Waals surface area contributed by atoms with Gasteiger partial charge in [-0.05, 0) is 12.1 Å². The largest absolute Gasteiger partial charge is 0.483 e. The van der Waals surface area contributed by atoms with Crippen LogP contribution in [-0.4, -0.2) is 24.7 Å². The van der Waals surface area contributed by atoms with Crippen molar-refractivity contribution in [1.82, 2.24) is 0 Å². The van der Waals surface area contributed by atoms with E-state index in [9.17, 15) is 8.78 Å². The molecule has 0 atom stereocenters. The highest BCUT2D eigenvalue weighted by molar-refractivity contribution is 5.58. The van der Waals surface area contributed by atoms with E-state index < -0.39 is 19.5 Å². The van der Waals surface area contributed by atoms with Gasteiger partial charge in [0.15, 0.2) is 6.10 Å². The Balaban J connectivity index is 2.95. The third-order valence-corrected chi connectivity index (χ3v) is 1.87. The molecule has 6 heteroatoms. The van der Waals surface area contributed by atoms with Crippen molar-refractivity contribution in [3.63, 3.8) is 0 Å². The van der Waals surface area contributed by atoms with E-state index in [0.29, 0.717) is 0 Å². The molecule has 0 radical (unpaired) electrons. The number of hydrogen-bond acceptors (Lipinski definition) is 4. The summed E-state index contributed by atoms with van der Waals surface area (Å²) in [6.07, 6.45) is -1.24. The lowest BCUT2D eigenvalue weighted by Crippen LogP contribution is -2.21. The van der Waals surface area contributed by atoms with Gasteiger partial charge >= 0.3 is 0 Å². The zero-order chi connectivity index (χ0) is 12.0. The first-order valence-electron chi connectivity index (χ1n) is 4.48. The van der Waals surface area contributed by atoms with Gasteiger partial charge in [0, 0.05) is 6.07 Å². The molecular weight excluding hydrogens is 218 g/mol. The highest BCUT2D eigenvalue weighted by atomic mass is 19.1. The van der Waals surface area contributed by atoms with E-state index in [-0.39, 0.29) is 17.0 Å². The van der Waals surface area contributed by atoms with Crippen LogP contribution in [0.4, 0.5) is 14.5 Å². The van der Waals surface area contributed by atoms with E-state index >= 15 is 0 Å². The summed E-state index contributed by atoms with van der Waals surface area (Å²) >= 11 is 0. The number of alkyl halides is 2. The Morgan fingerprint density at radius 2 is 2.12 bits per heavy atom. The van der Waals surface area contributed by atoms with Gasteiger partial charge in [-0.25, -0.2) is 8.78 Å². The molecule has 0 aromatic heterocycles. The quantitative estimate of drug-likeness (QED) is 0.757. The maximum Gasteiger partial charge on any atom is 0.155 e. The first-order valence-corrected chi connectivity index (χ1v) is 4.48. The van der Waals surface area contributed by atoms with Crippen molar-refractivity contribution in [2.75, 3.05) is 18.8 Å². The van der Waals surface area contributed by atoms with E-state index in [0.717, 1.165) is 0 Å². The van der Waals surface area contributed by atoms with Crippen LogP contribution in [0.1, 0.15) is 5.56 Å². The average Bonchev–Trinajstić information content (AvgIpc) is 2.35. The van der Waals surface area contributed by atoms with Crippen molar-refractivity contribution < 1.29 is 18.7 Å². The molecule has 0 heterocycles. The Hall–Kier alpha value is -1.87. The highest BCUT2D eigenvalue weighted by Crippen LogP contribution is 2.26. The van der Waals surface area contributed by atoms with E-state index in [4.69, 9.17) is 15.2 Å². The second kappa shape index (κ2) is 5.88. The van der Waals surface area contributed by atoms with Gasteiger partial charge in [0.2, 0.25) is 0 Å². The fourth-order valence-electron chi connectivity index (χ4n) is 1.07. The molecule has 4 nitrogen and oxygen atoms in total. The minimum Gasteiger partial charge on any atom is -0.483 e. The second-order valence-corrected chi connectivity index (χ2v) is 2.98. The maximum absolute atomic E-state index is 12.2. The molecule has 0 amide bonds. The molecule has 0 saturated heterocycles. The van der Waals surface area contributed by atoms with Crippen LogP contribution in [0.25, 0.3) is 0 Å². The Labute approximate surface area is 91.0 Å². The van der Waals surface area contributed by atoms with Crippen LogP contribution >= 0.6 is 0 Å². The van der Waals surface area contributed by atoms with Gasteiger partial charge < -0.3 is 4.74 Å². The molecule has 0 fully saturated rings. The zero-order valence-electron chi connectivity index (χ0n) is 8.28. The van der Waals surface area contributed by atoms with E-state index in [1.54, 1.807) is 0 Å². The predicted octanol–water partition coefficient (Wildman–Crippen LogP) is 2.05. The van der Waals surface area contributed by atoms with Gasteiger partial charge in [0.1, 0.15) is 24.8 Å². The Bertz CT molecular complexity index is 389. The number of hydrogen-bond donors (Lipinski definition) is 2. The molecule has 1 aromatic carbocycles. The summed E-state index contributed by atoms with van der Waals surface area (Å²) < 4.78 is 29.5. The Morgan fingerprint density at radius 3 is 2.62 bits per heavy atom. The van der Waals surface area contributed by atoms with Crippen LogP contribution in [0.3, 0.4) is 0 Å². The predicted molar refractivity (Wildman–Crippen MR) is 52.9 cm³/mol. The SMILES string of the molecule is N#Cc1ccc(NO)c(OC(CF)CF)c1. The summed E-state index contributed by atoms with van der Waals surface area (Å²) in [6, 6.07) is 5.95. The normalized spacial score (nSPS) is 9.94. The number of nitriles is 1. The van der Waals surface area contributed by atoms with Gasteiger partial charge in [-0.1, -0.05) is 0 Å². The van der Waals surface area contributed by atoms with E-state index in [1.807, 2.05) is 11.5 Å². The monoisotopic (exact) mass is 228 g/mol. The van der Waals surface area contributed by atoms with Crippen LogP contribution in [-0.2, 0) is 0 Å². The fraction of sp³-hybridized carbons (Fsp3) is 0.300. The number of benzene rings is 1. The molecule has 0 bridgehead atoms. The zero-order valence-corrected chi connectivity index (χ0v) is 8.28. The molecule has 0 saturated carbocycles. The molecule has 0 aliphatic heterocycles. The third-order valence-electron chi connectivity index (χ3n) is 1.87. The van der Waals surface area contributed by atoms with Crippen molar-refractivity contribution in [3.05, 3.63) is 23.8 Å². The lowest BCUT2D eigenvalue weighted by molar-refractivity contribution is 0.133. The van der Waals surface area contributed by atoms with Crippen LogP contribution in [0.2, 0.25) is 0 Å². The summed E-state index contributed by atoms with van der Waals surface area (Å²) in [5.41, 5.74) is 2.23.